The number of likely N-dealkylation sites (N-methyl/N-ethyl adjacent to an activating group) is 1. The van der Waals surface area contributed by atoms with Gasteiger partial charge in [-0.05, 0) is 43.8 Å². The molecule has 2 aromatic rings. The summed E-state index contributed by atoms with van der Waals surface area (Å²) in [7, 11) is 1.60. The molecular weight excluding hydrogens is 324 g/mol. The average Bonchev–Trinajstić information content (AvgIpc) is 2.52. The average molecular weight is 340 g/mol. The molecule has 0 saturated heterocycles. The van der Waals surface area contributed by atoms with Crippen molar-refractivity contribution < 1.29 is 22.4 Å². The Morgan fingerprint density at radius 1 is 1.04 bits per heavy atom. The molecule has 0 heterocycles. The molecule has 0 spiro atoms. The number of nitrogens with one attached hydrogen (secondary N) is 1. The number of carbonyl (C=O) groups excluding carboxylic acids is 1. The van der Waals surface area contributed by atoms with Crippen LogP contribution < -0.4 is 5.32 Å². The van der Waals surface area contributed by atoms with Crippen molar-refractivity contribution in [3.05, 3.63) is 65.2 Å². The van der Waals surface area contributed by atoms with Crippen LogP contribution in [0.5, 0.6) is 0 Å². The minimum absolute atomic E-state index is 0.143. The van der Waals surface area contributed by atoms with Gasteiger partial charge in [0.15, 0.2) is 11.6 Å². The number of hydrogen-bond acceptors (Lipinski definition) is 2. The summed E-state index contributed by atoms with van der Waals surface area (Å²) < 4.78 is 52.8. The van der Waals surface area contributed by atoms with Crippen LogP contribution in [0.25, 0.3) is 0 Å². The maximum atomic E-state index is 13.5. The molecule has 0 bridgehead atoms. The van der Waals surface area contributed by atoms with E-state index in [-0.39, 0.29) is 18.3 Å². The smallest absolute Gasteiger partial charge is 0.238 e. The highest BCUT2D eigenvalue weighted by Gasteiger charge is 2.17. The summed E-state index contributed by atoms with van der Waals surface area (Å²) in [5.41, 5.74) is 0.231. The molecule has 1 atom stereocenters. The zero-order chi connectivity index (χ0) is 17.9. The number of nitrogens with zero attached hydrogens (tertiary/aromatic N) is 1. The van der Waals surface area contributed by atoms with Crippen LogP contribution in [-0.4, -0.2) is 24.4 Å². The van der Waals surface area contributed by atoms with Crippen LogP contribution in [-0.2, 0) is 4.79 Å². The van der Waals surface area contributed by atoms with Crippen LogP contribution in [0.15, 0.2) is 36.4 Å². The largest absolute Gasteiger partial charge is 0.322 e. The summed E-state index contributed by atoms with van der Waals surface area (Å²) >= 11 is 0. The normalized spacial score (nSPS) is 12.3. The second-order valence-electron chi connectivity index (χ2n) is 5.44. The first-order valence-electron chi connectivity index (χ1n) is 7.18. The molecule has 0 aliphatic carbocycles. The van der Waals surface area contributed by atoms with Crippen molar-refractivity contribution >= 4 is 11.6 Å². The summed E-state index contributed by atoms with van der Waals surface area (Å²) in [5.74, 6) is -3.90. The zero-order valence-corrected chi connectivity index (χ0v) is 13.1. The first-order chi connectivity index (χ1) is 11.3. The lowest BCUT2D eigenvalue weighted by atomic mass is 10.1. The van der Waals surface area contributed by atoms with E-state index in [0.717, 1.165) is 30.3 Å². The highest BCUT2D eigenvalue weighted by Crippen LogP contribution is 2.21. The Balaban J connectivity index is 2.02. The van der Waals surface area contributed by atoms with E-state index in [1.54, 1.807) is 18.9 Å². The maximum Gasteiger partial charge on any atom is 0.238 e. The van der Waals surface area contributed by atoms with Gasteiger partial charge in [0.2, 0.25) is 5.91 Å². The van der Waals surface area contributed by atoms with Crippen molar-refractivity contribution in [2.24, 2.45) is 0 Å². The number of halogens is 4. The molecule has 1 N–H and O–H groups in total. The van der Waals surface area contributed by atoms with Gasteiger partial charge in [0.25, 0.3) is 0 Å². The Bertz CT molecular complexity index is 751. The number of benzene rings is 2. The molecule has 0 saturated carbocycles. The second-order valence-corrected chi connectivity index (χ2v) is 5.44. The topological polar surface area (TPSA) is 32.3 Å². The Kier molecular flexibility index (Phi) is 5.56. The standard InChI is InChI=1S/C17H16F4N2O/c1-10(11-3-5-13(19)15(21)7-11)23(2)9-17(24)22-16-8-12(18)4-6-14(16)20/h3-8,10H,9H2,1-2H3,(H,22,24). The zero-order valence-electron chi connectivity index (χ0n) is 13.1. The molecule has 24 heavy (non-hydrogen) atoms. The molecular formula is C17H16F4N2O. The van der Waals surface area contributed by atoms with E-state index in [0.29, 0.717) is 5.56 Å². The predicted molar refractivity (Wildman–Crippen MR) is 82.4 cm³/mol. The van der Waals surface area contributed by atoms with E-state index < -0.39 is 29.2 Å². The molecule has 1 unspecified atom stereocenters. The highest BCUT2D eigenvalue weighted by atomic mass is 19.2. The molecule has 7 heteroatoms. The molecule has 0 aromatic heterocycles. The molecule has 0 aliphatic rings. The van der Waals surface area contributed by atoms with Crippen LogP contribution in [0, 0.1) is 23.3 Å². The molecule has 128 valence electrons. The van der Waals surface area contributed by atoms with Crippen LogP contribution >= 0.6 is 0 Å². The lowest BCUT2D eigenvalue weighted by Crippen LogP contribution is -2.32. The van der Waals surface area contributed by atoms with E-state index >= 15 is 0 Å². The fourth-order valence-corrected chi connectivity index (χ4v) is 2.17. The Morgan fingerprint density at radius 3 is 2.38 bits per heavy atom. The van der Waals surface area contributed by atoms with Gasteiger partial charge in [0, 0.05) is 12.1 Å². The van der Waals surface area contributed by atoms with Crippen molar-refractivity contribution in [3.8, 4) is 0 Å². The minimum Gasteiger partial charge on any atom is -0.322 e. The first-order valence-corrected chi connectivity index (χ1v) is 7.18. The van der Waals surface area contributed by atoms with Gasteiger partial charge in [-0.2, -0.15) is 0 Å². The van der Waals surface area contributed by atoms with Crippen LogP contribution in [0.4, 0.5) is 23.2 Å². The molecule has 2 aromatic carbocycles. The van der Waals surface area contributed by atoms with Crippen LogP contribution in [0.1, 0.15) is 18.5 Å². The van der Waals surface area contributed by atoms with E-state index in [9.17, 15) is 22.4 Å². The number of amides is 1. The van der Waals surface area contributed by atoms with Crippen molar-refractivity contribution in [1.29, 1.82) is 0 Å². The van der Waals surface area contributed by atoms with Gasteiger partial charge in [-0.3, -0.25) is 9.69 Å². The third-order valence-corrected chi connectivity index (χ3v) is 3.68. The van der Waals surface area contributed by atoms with Crippen LogP contribution in [0.2, 0.25) is 0 Å². The third kappa shape index (κ3) is 4.32. The van der Waals surface area contributed by atoms with Gasteiger partial charge in [-0.15, -0.1) is 0 Å². The monoisotopic (exact) mass is 340 g/mol. The lowest BCUT2D eigenvalue weighted by Gasteiger charge is -2.24. The SMILES string of the molecule is CC(c1ccc(F)c(F)c1)N(C)CC(=O)Nc1cc(F)ccc1F. The summed E-state index contributed by atoms with van der Waals surface area (Å²) in [5, 5.41) is 2.28. The van der Waals surface area contributed by atoms with Gasteiger partial charge in [-0.25, -0.2) is 17.6 Å². The number of carbonyl (C=O) groups is 1. The minimum atomic E-state index is -0.973. The Labute approximate surface area is 136 Å². The number of anilines is 1. The summed E-state index contributed by atoms with van der Waals surface area (Å²) in [4.78, 5) is 13.5. The quantitative estimate of drug-likeness (QED) is 0.838. The van der Waals surface area contributed by atoms with Gasteiger partial charge in [0.1, 0.15) is 11.6 Å². The van der Waals surface area contributed by atoms with Gasteiger partial charge >= 0.3 is 0 Å². The Morgan fingerprint density at radius 2 is 1.71 bits per heavy atom. The highest BCUT2D eigenvalue weighted by molar-refractivity contribution is 5.92. The summed E-state index contributed by atoms with van der Waals surface area (Å²) in [6, 6.07) is 5.84. The van der Waals surface area contributed by atoms with Gasteiger partial charge in [-0.1, -0.05) is 6.07 Å². The molecule has 0 radical (unpaired) electrons. The van der Waals surface area contributed by atoms with Crippen molar-refractivity contribution in [2.45, 2.75) is 13.0 Å². The number of hydrogen-bond donors (Lipinski definition) is 1. The molecule has 0 aliphatic heterocycles. The van der Waals surface area contributed by atoms with E-state index in [1.165, 1.54) is 6.07 Å². The van der Waals surface area contributed by atoms with Crippen molar-refractivity contribution in [1.82, 2.24) is 4.90 Å². The van der Waals surface area contributed by atoms with E-state index in [4.69, 9.17) is 0 Å². The fraction of sp³-hybridized carbons (Fsp3) is 0.235. The molecule has 0 fully saturated rings. The molecule has 2 rings (SSSR count). The molecule has 3 nitrogen and oxygen atoms in total. The van der Waals surface area contributed by atoms with E-state index in [2.05, 4.69) is 5.32 Å². The van der Waals surface area contributed by atoms with E-state index in [1.807, 2.05) is 0 Å². The fourth-order valence-electron chi connectivity index (χ4n) is 2.17. The predicted octanol–water partition coefficient (Wildman–Crippen LogP) is 3.87. The van der Waals surface area contributed by atoms with Gasteiger partial charge in [0.05, 0.1) is 12.2 Å². The molecule has 1 amide bonds. The Hall–Kier alpha value is -2.41. The number of rotatable bonds is 5. The lowest BCUT2D eigenvalue weighted by molar-refractivity contribution is -0.117. The summed E-state index contributed by atoms with van der Waals surface area (Å²) in [6.07, 6.45) is 0. The van der Waals surface area contributed by atoms with Crippen molar-refractivity contribution in [3.63, 3.8) is 0 Å². The third-order valence-electron chi connectivity index (χ3n) is 3.68. The van der Waals surface area contributed by atoms with Crippen LogP contribution in [0.3, 0.4) is 0 Å². The summed E-state index contributed by atoms with van der Waals surface area (Å²) in [6.45, 7) is 1.57. The van der Waals surface area contributed by atoms with Crippen molar-refractivity contribution in [2.75, 3.05) is 18.9 Å². The first kappa shape index (κ1) is 17.9. The second kappa shape index (κ2) is 7.44. The maximum absolute atomic E-state index is 13.5. The van der Waals surface area contributed by atoms with Gasteiger partial charge < -0.3 is 5.32 Å².